The lowest BCUT2D eigenvalue weighted by atomic mass is 10.1. The van der Waals surface area contributed by atoms with Gasteiger partial charge in [0.15, 0.2) is 6.61 Å². The van der Waals surface area contributed by atoms with Gasteiger partial charge in [-0.25, -0.2) is 4.79 Å². The van der Waals surface area contributed by atoms with Crippen LogP contribution in [0.2, 0.25) is 0 Å². The molecule has 7 nitrogen and oxygen atoms in total. The van der Waals surface area contributed by atoms with E-state index in [1.165, 1.54) is 23.9 Å². The smallest absolute Gasteiger partial charge is 0.335 e. The molecule has 0 bridgehead atoms. The molecule has 0 saturated carbocycles. The van der Waals surface area contributed by atoms with Crippen LogP contribution >= 0.6 is 11.8 Å². The summed E-state index contributed by atoms with van der Waals surface area (Å²) in [5.74, 6) is -0.943. The van der Waals surface area contributed by atoms with Crippen molar-refractivity contribution < 1.29 is 24.2 Å². The zero-order valence-electron chi connectivity index (χ0n) is 18.9. The third-order valence-electron chi connectivity index (χ3n) is 4.91. The van der Waals surface area contributed by atoms with E-state index in [4.69, 9.17) is 4.74 Å². The number of benzene rings is 3. The molecule has 1 unspecified atom stereocenters. The number of hydrogen-bond donors (Lipinski definition) is 3. The number of hydrogen-bond acceptors (Lipinski definition) is 5. The van der Waals surface area contributed by atoms with E-state index < -0.39 is 11.2 Å². The van der Waals surface area contributed by atoms with E-state index in [0.29, 0.717) is 23.5 Å². The number of carboxylic acids is 1. The first kappa shape index (κ1) is 24.9. The highest BCUT2D eigenvalue weighted by Gasteiger charge is 2.20. The largest absolute Gasteiger partial charge is 0.484 e. The summed E-state index contributed by atoms with van der Waals surface area (Å²) in [6, 6.07) is 21.0. The van der Waals surface area contributed by atoms with E-state index in [-0.39, 0.29) is 24.0 Å². The summed E-state index contributed by atoms with van der Waals surface area (Å²) >= 11 is 1.37. The van der Waals surface area contributed by atoms with Crippen LogP contribution in [0.4, 0.5) is 11.4 Å². The van der Waals surface area contributed by atoms with E-state index in [9.17, 15) is 19.5 Å². The number of aryl methyl sites for hydroxylation is 1. The average molecular weight is 479 g/mol. The van der Waals surface area contributed by atoms with Crippen LogP contribution in [0.25, 0.3) is 0 Å². The molecule has 0 saturated heterocycles. The van der Waals surface area contributed by atoms with Crippen molar-refractivity contribution in [3.63, 3.8) is 0 Å². The summed E-state index contributed by atoms with van der Waals surface area (Å²) in [4.78, 5) is 37.2. The summed E-state index contributed by atoms with van der Waals surface area (Å²) in [6.45, 7) is 3.60. The van der Waals surface area contributed by atoms with Crippen LogP contribution in [0, 0.1) is 6.92 Å². The molecule has 0 aliphatic rings. The van der Waals surface area contributed by atoms with Gasteiger partial charge in [0.1, 0.15) is 5.75 Å². The number of rotatable bonds is 10. The number of carboxylic acid groups (broad SMARTS) is 1. The second-order valence-electron chi connectivity index (χ2n) is 7.52. The molecule has 0 aliphatic heterocycles. The molecule has 176 valence electrons. The number of amides is 2. The highest BCUT2D eigenvalue weighted by atomic mass is 32.2. The number of ether oxygens (including phenoxy) is 1. The molecule has 0 heterocycles. The lowest BCUT2D eigenvalue weighted by Gasteiger charge is -2.17. The van der Waals surface area contributed by atoms with E-state index in [2.05, 4.69) is 10.6 Å². The number of nitrogens with one attached hydrogen (secondary N) is 2. The lowest BCUT2D eigenvalue weighted by Crippen LogP contribution is -2.25. The van der Waals surface area contributed by atoms with Gasteiger partial charge in [0.2, 0.25) is 5.91 Å². The Kier molecular flexibility index (Phi) is 8.70. The molecule has 3 aromatic carbocycles. The minimum atomic E-state index is -1.05. The molecule has 0 radical (unpaired) electrons. The Morgan fingerprint density at radius 3 is 2.44 bits per heavy atom. The number of para-hydroxylation sites is 1. The van der Waals surface area contributed by atoms with Gasteiger partial charge in [-0.15, -0.1) is 11.8 Å². The van der Waals surface area contributed by atoms with Gasteiger partial charge in [-0.05, 0) is 61.4 Å². The fourth-order valence-electron chi connectivity index (χ4n) is 3.10. The second-order valence-corrected chi connectivity index (χ2v) is 8.79. The van der Waals surface area contributed by atoms with Gasteiger partial charge in [0.25, 0.3) is 5.91 Å². The zero-order valence-corrected chi connectivity index (χ0v) is 19.7. The second kappa shape index (κ2) is 11.9. The van der Waals surface area contributed by atoms with Gasteiger partial charge in [0.05, 0.1) is 10.8 Å². The van der Waals surface area contributed by atoms with Gasteiger partial charge in [-0.1, -0.05) is 37.3 Å². The molecule has 8 heteroatoms. The predicted octanol–water partition coefficient (Wildman–Crippen LogP) is 5.22. The minimum absolute atomic E-state index is 0.112. The highest BCUT2D eigenvalue weighted by Crippen LogP contribution is 2.29. The Morgan fingerprint density at radius 2 is 1.74 bits per heavy atom. The number of carbonyl (C=O) groups is 3. The fraction of sp³-hybridized carbons (Fsp3) is 0.192. The third kappa shape index (κ3) is 7.11. The number of thioether (sulfide) groups is 1. The third-order valence-corrected chi connectivity index (χ3v) is 6.27. The molecule has 0 fully saturated rings. The van der Waals surface area contributed by atoms with E-state index in [0.717, 1.165) is 10.5 Å². The Labute approximate surface area is 202 Å². The van der Waals surface area contributed by atoms with Crippen LogP contribution in [0.1, 0.15) is 29.3 Å². The van der Waals surface area contributed by atoms with Crippen molar-refractivity contribution in [1.29, 1.82) is 0 Å². The molecule has 0 aromatic heterocycles. The molecule has 3 rings (SSSR count). The summed E-state index contributed by atoms with van der Waals surface area (Å²) in [5, 5.41) is 14.5. The molecule has 2 amide bonds. The molecule has 1 atom stereocenters. The maximum Gasteiger partial charge on any atom is 0.335 e. The number of anilines is 2. The molecule has 3 N–H and O–H groups in total. The van der Waals surface area contributed by atoms with Crippen molar-refractivity contribution in [1.82, 2.24) is 0 Å². The van der Waals surface area contributed by atoms with E-state index in [1.54, 1.807) is 36.4 Å². The summed E-state index contributed by atoms with van der Waals surface area (Å²) in [5.41, 5.74) is 1.97. The van der Waals surface area contributed by atoms with Crippen molar-refractivity contribution in [2.45, 2.75) is 30.4 Å². The standard InChI is InChI=1S/C26H26N2O5S/c1-3-23(25(30)28-22-14-18(26(31)32)13-12-17(22)2)34-21-11-7-8-19(15-21)27-24(29)16-33-20-9-5-4-6-10-20/h4-15,23H,3,16H2,1-2H3,(H,27,29)(H,28,30)(H,31,32). The minimum Gasteiger partial charge on any atom is -0.484 e. The summed E-state index contributed by atoms with van der Waals surface area (Å²) in [7, 11) is 0. The first-order valence-corrected chi connectivity index (χ1v) is 11.6. The quantitative estimate of drug-likeness (QED) is 0.345. The Bertz CT molecular complexity index is 1170. The molecular formula is C26H26N2O5S. The predicted molar refractivity (Wildman–Crippen MR) is 134 cm³/mol. The van der Waals surface area contributed by atoms with E-state index >= 15 is 0 Å². The van der Waals surface area contributed by atoms with Crippen LogP contribution in [0.3, 0.4) is 0 Å². The van der Waals surface area contributed by atoms with Crippen LogP contribution < -0.4 is 15.4 Å². The van der Waals surface area contributed by atoms with Crippen molar-refractivity contribution in [3.8, 4) is 5.75 Å². The number of carbonyl (C=O) groups excluding carboxylic acids is 2. The van der Waals surface area contributed by atoms with Gasteiger partial charge < -0.3 is 20.5 Å². The maximum absolute atomic E-state index is 12.9. The fourth-order valence-corrected chi connectivity index (χ4v) is 4.11. The van der Waals surface area contributed by atoms with Gasteiger partial charge in [-0.3, -0.25) is 9.59 Å². The van der Waals surface area contributed by atoms with Gasteiger partial charge >= 0.3 is 5.97 Å². The molecule has 34 heavy (non-hydrogen) atoms. The SMILES string of the molecule is CCC(Sc1cccc(NC(=O)COc2ccccc2)c1)C(=O)Nc1cc(C(=O)O)ccc1C. The van der Waals surface area contributed by atoms with Gasteiger partial charge in [0, 0.05) is 16.3 Å². The van der Waals surface area contributed by atoms with Crippen LogP contribution in [-0.2, 0) is 9.59 Å². The van der Waals surface area contributed by atoms with Crippen molar-refractivity contribution in [3.05, 3.63) is 83.9 Å². The molecule has 0 spiro atoms. The number of aromatic carboxylic acids is 1. The monoisotopic (exact) mass is 478 g/mol. The van der Waals surface area contributed by atoms with Crippen LogP contribution in [0.5, 0.6) is 5.75 Å². The van der Waals surface area contributed by atoms with Crippen LogP contribution in [0.15, 0.2) is 77.7 Å². The Hall–Kier alpha value is -3.78. The first-order valence-electron chi connectivity index (χ1n) is 10.7. The normalized spacial score (nSPS) is 11.4. The Morgan fingerprint density at radius 1 is 0.971 bits per heavy atom. The summed E-state index contributed by atoms with van der Waals surface area (Å²) in [6.07, 6.45) is 0.565. The van der Waals surface area contributed by atoms with Crippen molar-refractivity contribution in [2.75, 3.05) is 17.2 Å². The zero-order chi connectivity index (χ0) is 24.5. The van der Waals surface area contributed by atoms with Crippen molar-refractivity contribution in [2.24, 2.45) is 0 Å². The van der Waals surface area contributed by atoms with Crippen molar-refractivity contribution >= 4 is 40.9 Å². The molecule has 3 aromatic rings. The molecule has 0 aliphatic carbocycles. The highest BCUT2D eigenvalue weighted by molar-refractivity contribution is 8.00. The van der Waals surface area contributed by atoms with E-state index in [1.807, 2.05) is 38.1 Å². The Balaban J connectivity index is 1.61. The summed E-state index contributed by atoms with van der Waals surface area (Å²) < 4.78 is 5.47. The lowest BCUT2D eigenvalue weighted by molar-refractivity contribution is -0.118. The maximum atomic E-state index is 12.9. The average Bonchev–Trinajstić information content (AvgIpc) is 2.83. The van der Waals surface area contributed by atoms with Gasteiger partial charge in [-0.2, -0.15) is 0 Å². The topological polar surface area (TPSA) is 105 Å². The van der Waals surface area contributed by atoms with Crippen LogP contribution in [-0.4, -0.2) is 34.7 Å². The first-order chi connectivity index (χ1) is 16.4. The molecular weight excluding hydrogens is 452 g/mol.